The summed E-state index contributed by atoms with van der Waals surface area (Å²) in [5.41, 5.74) is 5.44. The van der Waals surface area contributed by atoms with E-state index in [1.807, 2.05) is 0 Å². The van der Waals surface area contributed by atoms with Crippen molar-refractivity contribution in [1.82, 2.24) is 15.5 Å². The fraction of sp³-hybridized carbons (Fsp3) is 0.667. The number of nitrogens with one attached hydrogen (secondary N) is 2. The lowest BCUT2D eigenvalue weighted by Crippen LogP contribution is -2.60. The second-order valence-corrected chi connectivity index (χ2v) is 2.61. The van der Waals surface area contributed by atoms with E-state index in [4.69, 9.17) is 21.1 Å². The summed E-state index contributed by atoms with van der Waals surface area (Å²) < 4.78 is 0. The maximum Gasteiger partial charge on any atom is 0.207 e. The van der Waals surface area contributed by atoms with Gasteiger partial charge in [-0.3, -0.25) is 15.5 Å². The molecule has 86 valence electrons. The van der Waals surface area contributed by atoms with Crippen molar-refractivity contribution < 1.29 is 15.3 Å². The lowest BCUT2D eigenvalue weighted by Gasteiger charge is -2.33. The zero-order valence-electron chi connectivity index (χ0n) is 7.96. The van der Waals surface area contributed by atoms with Gasteiger partial charge in [0.25, 0.3) is 0 Å². The van der Waals surface area contributed by atoms with Gasteiger partial charge >= 0.3 is 0 Å². The summed E-state index contributed by atoms with van der Waals surface area (Å²) in [4.78, 5) is 8.82. The van der Waals surface area contributed by atoms with Gasteiger partial charge in [-0.25, -0.2) is 9.98 Å². The van der Waals surface area contributed by atoms with E-state index in [2.05, 4.69) is 20.6 Å². The van der Waals surface area contributed by atoms with Gasteiger partial charge in [0.15, 0.2) is 12.2 Å². The maximum atomic E-state index is 9.06. The molecular weight excluding hydrogens is 204 g/mol. The molecule has 0 bridgehead atoms. The van der Waals surface area contributed by atoms with Gasteiger partial charge in [0.2, 0.25) is 5.96 Å². The molecule has 7 N–H and O–H groups in total. The van der Waals surface area contributed by atoms with Crippen LogP contribution in [0.5, 0.6) is 0 Å². The number of nitrogens with two attached hydrogens (primary N) is 1. The average molecular weight is 218 g/mol. The number of aliphatic hydroxyl groups excluding tert-OH is 3. The number of rotatable bonds is 4. The van der Waals surface area contributed by atoms with Crippen LogP contribution in [0.15, 0.2) is 9.98 Å². The van der Waals surface area contributed by atoms with Gasteiger partial charge in [0, 0.05) is 0 Å². The molecule has 0 fully saturated rings. The predicted molar refractivity (Wildman–Crippen MR) is 52.2 cm³/mol. The third-order valence-electron chi connectivity index (χ3n) is 1.72. The normalized spacial score (nSPS) is 23.9. The molecule has 9 heteroatoms. The highest BCUT2D eigenvalue weighted by Gasteiger charge is 2.25. The summed E-state index contributed by atoms with van der Waals surface area (Å²) in [6.45, 7) is -1.16. The number of aliphatic imine (C=N–C) groups is 2. The Bertz CT molecular complexity index is 268. The second-order valence-electron chi connectivity index (χ2n) is 2.61. The summed E-state index contributed by atoms with van der Waals surface area (Å²) in [6.07, 6.45) is -0.716. The van der Waals surface area contributed by atoms with Gasteiger partial charge in [-0.15, -0.1) is 0 Å². The maximum absolute atomic E-state index is 9.06. The Morgan fingerprint density at radius 1 is 1.53 bits per heavy atom. The van der Waals surface area contributed by atoms with Gasteiger partial charge in [0.05, 0.1) is 6.73 Å². The van der Waals surface area contributed by atoms with E-state index >= 15 is 0 Å². The van der Waals surface area contributed by atoms with Crippen molar-refractivity contribution in [2.45, 2.75) is 6.29 Å². The first-order valence-electron chi connectivity index (χ1n) is 4.20. The molecule has 0 aromatic carbocycles. The highest BCUT2D eigenvalue weighted by molar-refractivity contribution is 5.99. The highest BCUT2D eigenvalue weighted by atomic mass is 16.3. The van der Waals surface area contributed by atoms with Crippen molar-refractivity contribution in [3.8, 4) is 0 Å². The molecule has 1 atom stereocenters. The molecule has 0 spiro atoms. The minimum atomic E-state index is -0.716. The molecule has 0 saturated heterocycles. The molecule has 0 amide bonds. The summed E-state index contributed by atoms with van der Waals surface area (Å²) in [7, 11) is 0. The van der Waals surface area contributed by atoms with Gasteiger partial charge in [-0.05, 0) is 0 Å². The van der Waals surface area contributed by atoms with E-state index in [1.165, 1.54) is 4.90 Å². The van der Waals surface area contributed by atoms with Crippen LogP contribution in [0.2, 0.25) is 0 Å². The zero-order chi connectivity index (χ0) is 11.3. The van der Waals surface area contributed by atoms with E-state index in [1.54, 1.807) is 0 Å². The summed E-state index contributed by atoms with van der Waals surface area (Å²) >= 11 is 0. The third-order valence-corrected chi connectivity index (χ3v) is 1.72. The van der Waals surface area contributed by atoms with Crippen molar-refractivity contribution in [3.63, 3.8) is 0 Å². The Labute approximate surface area is 85.9 Å². The quantitative estimate of drug-likeness (QED) is 0.267. The van der Waals surface area contributed by atoms with Crippen molar-refractivity contribution in [2.75, 3.05) is 20.2 Å². The van der Waals surface area contributed by atoms with Crippen molar-refractivity contribution in [1.29, 1.82) is 0 Å². The summed E-state index contributed by atoms with van der Waals surface area (Å²) in [5, 5.41) is 31.5. The molecule has 1 rings (SSSR count). The number of hydrogen-bond donors (Lipinski definition) is 6. The Balaban J connectivity index is 2.86. The minimum Gasteiger partial charge on any atom is -0.381 e. The topological polar surface area (TPSA) is 139 Å². The van der Waals surface area contributed by atoms with Gasteiger partial charge in [-0.1, -0.05) is 0 Å². The molecule has 1 aliphatic rings. The number of hydrogen-bond acceptors (Lipinski definition) is 7. The third kappa shape index (κ3) is 2.76. The molecule has 0 aromatic rings. The van der Waals surface area contributed by atoms with Crippen molar-refractivity contribution in [3.05, 3.63) is 0 Å². The van der Waals surface area contributed by atoms with Gasteiger partial charge in [-0.2, -0.15) is 0 Å². The lowest BCUT2D eigenvalue weighted by molar-refractivity contribution is 0.0960. The SMILES string of the molecule is NC1=NC(NCO)N(CO)C(=NCO)N1. The fourth-order valence-electron chi connectivity index (χ4n) is 1.12. The Morgan fingerprint density at radius 2 is 2.27 bits per heavy atom. The highest BCUT2D eigenvalue weighted by Crippen LogP contribution is 2.02. The van der Waals surface area contributed by atoms with Crippen LogP contribution in [0, 0.1) is 0 Å². The summed E-state index contributed by atoms with van der Waals surface area (Å²) in [6, 6.07) is 0. The Kier molecular flexibility index (Phi) is 4.24. The Hall–Kier alpha value is -1.42. The van der Waals surface area contributed by atoms with Crippen LogP contribution in [-0.2, 0) is 0 Å². The first-order chi connectivity index (χ1) is 7.22. The van der Waals surface area contributed by atoms with Gasteiger partial charge < -0.3 is 21.1 Å². The minimum absolute atomic E-state index is 0.0813. The van der Waals surface area contributed by atoms with Crippen LogP contribution >= 0.6 is 0 Å². The Morgan fingerprint density at radius 3 is 2.80 bits per heavy atom. The molecule has 0 radical (unpaired) electrons. The van der Waals surface area contributed by atoms with Crippen LogP contribution < -0.4 is 16.4 Å². The molecule has 0 aliphatic carbocycles. The largest absolute Gasteiger partial charge is 0.381 e. The first-order valence-corrected chi connectivity index (χ1v) is 4.20. The van der Waals surface area contributed by atoms with Crippen LogP contribution in [-0.4, -0.2) is 58.6 Å². The van der Waals surface area contributed by atoms with Crippen molar-refractivity contribution >= 4 is 11.9 Å². The van der Waals surface area contributed by atoms with Crippen LogP contribution in [0.1, 0.15) is 0 Å². The average Bonchev–Trinajstić information content (AvgIpc) is 2.18. The van der Waals surface area contributed by atoms with Crippen LogP contribution in [0.25, 0.3) is 0 Å². The van der Waals surface area contributed by atoms with E-state index in [9.17, 15) is 0 Å². The molecule has 15 heavy (non-hydrogen) atoms. The number of nitrogens with zero attached hydrogens (tertiary/aromatic N) is 3. The van der Waals surface area contributed by atoms with Crippen molar-refractivity contribution in [2.24, 2.45) is 15.7 Å². The molecular formula is C6H14N6O3. The number of aliphatic hydroxyl groups is 3. The lowest BCUT2D eigenvalue weighted by atomic mass is 10.5. The molecule has 1 heterocycles. The van der Waals surface area contributed by atoms with E-state index in [-0.39, 0.29) is 25.4 Å². The number of guanidine groups is 2. The smallest absolute Gasteiger partial charge is 0.207 e. The van der Waals surface area contributed by atoms with Crippen LogP contribution in [0.4, 0.5) is 0 Å². The first kappa shape index (κ1) is 11.7. The van der Waals surface area contributed by atoms with E-state index in [0.29, 0.717) is 0 Å². The standard InChI is InChI=1S/C6H14N6O3/c7-4-10-5(8-1-13)12(3-15)6(11-4)9-2-14/h5,8,13-15H,1-3H2,(H3,7,9,10,11). The van der Waals surface area contributed by atoms with Crippen LogP contribution in [0.3, 0.4) is 0 Å². The van der Waals surface area contributed by atoms with E-state index < -0.39 is 13.0 Å². The molecule has 0 aromatic heterocycles. The fourth-order valence-corrected chi connectivity index (χ4v) is 1.12. The van der Waals surface area contributed by atoms with Gasteiger partial charge in [0.1, 0.15) is 13.5 Å². The predicted octanol–water partition coefficient (Wildman–Crippen LogP) is -3.72. The zero-order valence-corrected chi connectivity index (χ0v) is 7.96. The second kappa shape index (κ2) is 5.46. The molecule has 1 unspecified atom stereocenters. The molecule has 9 nitrogen and oxygen atoms in total. The summed E-state index contributed by atoms with van der Waals surface area (Å²) in [5.74, 6) is 0.260. The molecule has 0 saturated carbocycles. The molecule has 1 aliphatic heterocycles. The van der Waals surface area contributed by atoms with E-state index in [0.717, 1.165) is 0 Å². The monoisotopic (exact) mass is 218 g/mol.